The van der Waals surface area contributed by atoms with Crippen molar-refractivity contribution in [1.29, 1.82) is 0 Å². The third-order valence-electron chi connectivity index (χ3n) is 3.41. The van der Waals surface area contributed by atoms with Crippen LogP contribution >= 0.6 is 11.8 Å². The lowest BCUT2D eigenvalue weighted by Gasteiger charge is -2.13. The molecule has 0 fully saturated rings. The maximum absolute atomic E-state index is 6.08. The van der Waals surface area contributed by atoms with E-state index >= 15 is 0 Å². The van der Waals surface area contributed by atoms with Gasteiger partial charge in [-0.05, 0) is 55.5 Å². The average Bonchev–Trinajstić information content (AvgIpc) is 2.44. The van der Waals surface area contributed by atoms with Crippen LogP contribution in [-0.4, -0.2) is 11.0 Å². The van der Waals surface area contributed by atoms with Crippen molar-refractivity contribution in [3.8, 4) is 0 Å². The molecule has 0 aliphatic rings. The number of nitrogens with two attached hydrogens (primary N) is 1. The molecule has 2 rings (SSSR count). The van der Waals surface area contributed by atoms with Gasteiger partial charge in [0.15, 0.2) is 0 Å². The van der Waals surface area contributed by atoms with Crippen LogP contribution in [-0.2, 0) is 6.42 Å². The van der Waals surface area contributed by atoms with Crippen molar-refractivity contribution in [2.24, 2.45) is 5.73 Å². The second-order valence-electron chi connectivity index (χ2n) is 5.21. The molecule has 20 heavy (non-hydrogen) atoms. The van der Waals surface area contributed by atoms with Gasteiger partial charge in [-0.2, -0.15) is 0 Å². The van der Waals surface area contributed by atoms with E-state index in [0.29, 0.717) is 0 Å². The van der Waals surface area contributed by atoms with E-state index < -0.39 is 0 Å². The zero-order valence-corrected chi connectivity index (χ0v) is 13.2. The number of nitrogens with zero attached hydrogens (tertiary/aromatic N) is 1. The molecule has 0 saturated carbocycles. The van der Waals surface area contributed by atoms with E-state index in [-0.39, 0.29) is 6.04 Å². The first-order valence-corrected chi connectivity index (χ1v) is 7.86. The normalized spacial score (nSPS) is 12.4. The molecule has 1 aromatic heterocycles. The van der Waals surface area contributed by atoms with Gasteiger partial charge in [-0.15, -0.1) is 0 Å². The molecular weight excluding hydrogens is 264 g/mol. The molecular formula is C17H22N2S. The van der Waals surface area contributed by atoms with Gasteiger partial charge in [0.2, 0.25) is 0 Å². The van der Waals surface area contributed by atoms with Crippen LogP contribution in [0, 0.1) is 13.8 Å². The van der Waals surface area contributed by atoms with Crippen molar-refractivity contribution in [2.75, 3.05) is 0 Å². The van der Waals surface area contributed by atoms with Gasteiger partial charge in [-0.3, -0.25) is 0 Å². The summed E-state index contributed by atoms with van der Waals surface area (Å²) >= 11 is 1.74. The van der Waals surface area contributed by atoms with Gasteiger partial charge in [-0.25, -0.2) is 4.98 Å². The summed E-state index contributed by atoms with van der Waals surface area (Å²) in [6.07, 6.45) is 3.73. The van der Waals surface area contributed by atoms with Gasteiger partial charge in [0.05, 0.1) is 0 Å². The minimum absolute atomic E-state index is 0.206. The zero-order chi connectivity index (χ0) is 14.5. The van der Waals surface area contributed by atoms with Crippen molar-refractivity contribution in [1.82, 2.24) is 4.98 Å². The number of pyridine rings is 1. The van der Waals surface area contributed by atoms with E-state index in [2.05, 4.69) is 50.0 Å². The van der Waals surface area contributed by atoms with E-state index in [1.54, 1.807) is 11.8 Å². The maximum atomic E-state index is 6.08. The summed E-state index contributed by atoms with van der Waals surface area (Å²) in [6, 6.07) is 10.9. The Morgan fingerprint density at radius 3 is 2.80 bits per heavy atom. The fraction of sp³-hybridized carbons (Fsp3) is 0.353. The van der Waals surface area contributed by atoms with Crippen molar-refractivity contribution in [3.05, 3.63) is 53.2 Å². The summed E-state index contributed by atoms with van der Waals surface area (Å²) < 4.78 is 0. The van der Waals surface area contributed by atoms with E-state index in [9.17, 15) is 0 Å². The molecule has 106 valence electrons. The standard InChI is InChI=1S/C17H22N2S/c1-4-15(18)11-14-6-5-9-19-17(14)20-16-10-12(2)7-8-13(16)3/h5-10,15H,4,11,18H2,1-3H3. The van der Waals surface area contributed by atoms with Crippen LogP contribution in [0.4, 0.5) is 0 Å². The summed E-state index contributed by atoms with van der Waals surface area (Å²) in [4.78, 5) is 5.81. The monoisotopic (exact) mass is 286 g/mol. The molecule has 0 bridgehead atoms. The molecule has 0 aliphatic carbocycles. The van der Waals surface area contributed by atoms with Crippen LogP contribution in [0.15, 0.2) is 46.5 Å². The molecule has 0 radical (unpaired) electrons. The van der Waals surface area contributed by atoms with Gasteiger partial charge >= 0.3 is 0 Å². The Kier molecular flexibility index (Phi) is 5.21. The van der Waals surface area contributed by atoms with Crippen LogP contribution in [0.1, 0.15) is 30.0 Å². The maximum Gasteiger partial charge on any atom is 0.104 e. The molecule has 2 aromatic rings. The Balaban J connectivity index is 2.27. The molecule has 1 unspecified atom stereocenters. The first-order valence-electron chi connectivity index (χ1n) is 7.04. The summed E-state index contributed by atoms with van der Waals surface area (Å²) in [6.45, 7) is 6.39. The van der Waals surface area contributed by atoms with E-state index in [1.165, 1.54) is 21.6 Å². The molecule has 0 amide bonds. The third kappa shape index (κ3) is 3.84. The fourth-order valence-corrected chi connectivity index (χ4v) is 3.10. The second-order valence-corrected chi connectivity index (χ2v) is 6.24. The lowest BCUT2D eigenvalue weighted by atomic mass is 10.1. The van der Waals surface area contributed by atoms with Crippen LogP contribution < -0.4 is 5.73 Å². The largest absolute Gasteiger partial charge is 0.327 e. The minimum atomic E-state index is 0.206. The Labute approximate surface area is 125 Å². The molecule has 1 aromatic carbocycles. The first-order chi connectivity index (χ1) is 9.60. The minimum Gasteiger partial charge on any atom is -0.327 e. The SMILES string of the molecule is CCC(N)Cc1cccnc1Sc1cc(C)ccc1C. The number of aryl methyl sites for hydroxylation is 2. The Bertz CT molecular complexity index is 581. The third-order valence-corrected chi connectivity index (χ3v) is 4.63. The molecule has 2 nitrogen and oxygen atoms in total. The second kappa shape index (κ2) is 6.91. The number of hydrogen-bond acceptors (Lipinski definition) is 3. The Morgan fingerprint density at radius 1 is 1.25 bits per heavy atom. The van der Waals surface area contributed by atoms with Gasteiger partial charge in [-0.1, -0.05) is 36.9 Å². The van der Waals surface area contributed by atoms with E-state index in [4.69, 9.17) is 5.73 Å². The number of rotatable bonds is 5. The highest BCUT2D eigenvalue weighted by Gasteiger charge is 2.10. The molecule has 2 N–H and O–H groups in total. The van der Waals surface area contributed by atoms with Crippen LogP contribution in [0.2, 0.25) is 0 Å². The summed E-state index contributed by atoms with van der Waals surface area (Å²) in [5, 5.41) is 1.07. The highest BCUT2D eigenvalue weighted by Crippen LogP contribution is 2.32. The predicted molar refractivity (Wildman–Crippen MR) is 86.2 cm³/mol. The van der Waals surface area contributed by atoms with Gasteiger partial charge in [0.1, 0.15) is 5.03 Å². The average molecular weight is 286 g/mol. The topological polar surface area (TPSA) is 38.9 Å². The van der Waals surface area contributed by atoms with Crippen LogP contribution in [0.25, 0.3) is 0 Å². The number of hydrogen-bond donors (Lipinski definition) is 1. The number of benzene rings is 1. The predicted octanol–water partition coefficient (Wildman–Crippen LogP) is 4.13. The molecule has 1 heterocycles. The zero-order valence-electron chi connectivity index (χ0n) is 12.4. The quantitative estimate of drug-likeness (QED) is 0.898. The first kappa shape index (κ1) is 15.1. The highest BCUT2D eigenvalue weighted by molar-refractivity contribution is 7.99. The Hall–Kier alpha value is -1.32. The van der Waals surface area contributed by atoms with Crippen molar-refractivity contribution < 1.29 is 0 Å². The molecule has 0 spiro atoms. The lowest BCUT2D eigenvalue weighted by molar-refractivity contribution is 0.637. The van der Waals surface area contributed by atoms with E-state index in [0.717, 1.165) is 17.9 Å². The summed E-state index contributed by atoms with van der Waals surface area (Å²) in [5.41, 5.74) is 9.89. The summed E-state index contributed by atoms with van der Waals surface area (Å²) in [7, 11) is 0. The molecule has 3 heteroatoms. The fourth-order valence-electron chi connectivity index (χ4n) is 2.02. The van der Waals surface area contributed by atoms with Crippen molar-refractivity contribution >= 4 is 11.8 Å². The van der Waals surface area contributed by atoms with Crippen molar-refractivity contribution in [2.45, 2.75) is 49.6 Å². The Morgan fingerprint density at radius 2 is 2.05 bits per heavy atom. The van der Waals surface area contributed by atoms with E-state index in [1.807, 2.05) is 12.3 Å². The number of aromatic nitrogens is 1. The van der Waals surface area contributed by atoms with Crippen LogP contribution in [0.3, 0.4) is 0 Å². The lowest BCUT2D eigenvalue weighted by Crippen LogP contribution is -2.21. The van der Waals surface area contributed by atoms with Gasteiger partial charge in [0.25, 0.3) is 0 Å². The smallest absolute Gasteiger partial charge is 0.104 e. The highest BCUT2D eigenvalue weighted by atomic mass is 32.2. The van der Waals surface area contributed by atoms with Crippen LogP contribution in [0.5, 0.6) is 0 Å². The molecule has 1 atom stereocenters. The van der Waals surface area contributed by atoms with Gasteiger partial charge < -0.3 is 5.73 Å². The molecule has 0 aliphatic heterocycles. The van der Waals surface area contributed by atoms with Gasteiger partial charge in [0, 0.05) is 17.1 Å². The summed E-state index contributed by atoms with van der Waals surface area (Å²) in [5.74, 6) is 0. The molecule has 0 saturated heterocycles. The van der Waals surface area contributed by atoms with Crippen molar-refractivity contribution in [3.63, 3.8) is 0 Å².